The largest absolute Gasteiger partial charge is 0.454 e. The zero-order valence-corrected chi connectivity index (χ0v) is 18.2. The van der Waals surface area contributed by atoms with Gasteiger partial charge in [0.15, 0.2) is 11.6 Å². The highest BCUT2D eigenvalue weighted by Crippen LogP contribution is 2.35. The van der Waals surface area contributed by atoms with Gasteiger partial charge in [-0.15, -0.1) is 0 Å². The maximum Gasteiger partial charge on any atom is 0.276 e. The second-order valence-corrected chi connectivity index (χ2v) is 6.01. The Morgan fingerprint density at radius 2 is 1.68 bits per heavy atom. The molecule has 4 rings (SSSR count). The quantitative estimate of drug-likeness (QED) is 0.443. The topological polar surface area (TPSA) is 74.6 Å². The van der Waals surface area contributed by atoms with Crippen LogP contribution in [-0.4, -0.2) is 14.0 Å². The summed E-state index contributed by atoms with van der Waals surface area (Å²) in [5.41, 5.74) is 7.64. The van der Waals surface area contributed by atoms with Crippen LogP contribution in [0.25, 0.3) is 16.8 Å². The van der Waals surface area contributed by atoms with Crippen LogP contribution in [0, 0.1) is 11.6 Å². The van der Waals surface area contributed by atoms with E-state index in [0.717, 1.165) is 12.1 Å². The van der Waals surface area contributed by atoms with Crippen LogP contribution < -0.4 is 16.0 Å². The molecule has 0 radical (unpaired) electrons. The maximum atomic E-state index is 14.0. The van der Waals surface area contributed by atoms with Crippen molar-refractivity contribution in [2.75, 3.05) is 5.73 Å². The number of rotatable bonds is 3. The molecule has 2 aromatic heterocycles. The van der Waals surface area contributed by atoms with Crippen molar-refractivity contribution in [3.63, 3.8) is 0 Å². The van der Waals surface area contributed by atoms with Gasteiger partial charge in [0.1, 0.15) is 17.1 Å². The first-order valence-corrected chi connectivity index (χ1v) is 9.98. The minimum atomic E-state index is -0.828. The summed E-state index contributed by atoms with van der Waals surface area (Å²) in [6.07, 6.45) is 4.56. The first-order valence-electron chi connectivity index (χ1n) is 9.98. The number of ether oxygens (including phenoxy) is 1. The number of halogens is 2. The van der Waals surface area contributed by atoms with Crippen LogP contribution >= 0.6 is 0 Å². The van der Waals surface area contributed by atoms with Crippen molar-refractivity contribution >= 4 is 11.2 Å². The van der Waals surface area contributed by atoms with Gasteiger partial charge in [0.25, 0.3) is 5.56 Å². The Bertz CT molecular complexity index is 1230. The standard InChI is InChI=1S/C19H14F2N4O2.2C2H6/c1-24-9-16(25-10-23-8-15(25)19(24)26)13-7-12(22)3-5-17(13)27-18-4-2-11(20)6-14(18)21;2*1-2/h2-10H,22H2,1H3;2*1-2H3. The van der Waals surface area contributed by atoms with Gasteiger partial charge in [-0.3, -0.25) is 9.20 Å². The molecular formula is C23H26F2N4O2. The summed E-state index contributed by atoms with van der Waals surface area (Å²) >= 11 is 0. The number of aromatic nitrogens is 3. The number of fused-ring (bicyclic) bond motifs is 1. The van der Waals surface area contributed by atoms with Crippen LogP contribution in [0.15, 0.2) is 59.9 Å². The van der Waals surface area contributed by atoms with Crippen molar-refractivity contribution in [2.45, 2.75) is 27.7 Å². The summed E-state index contributed by atoms with van der Waals surface area (Å²) in [5.74, 6) is -1.36. The number of hydrogen-bond donors (Lipinski definition) is 1. The molecule has 0 spiro atoms. The fourth-order valence-corrected chi connectivity index (χ4v) is 2.84. The molecular weight excluding hydrogens is 402 g/mol. The number of nitrogens with zero attached hydrogens (tertiary/aromatic N) is 3. The van der Waals surface area contributed by atoms with Crippen LogP contribution in [0.1, 0.15) is 27.7 Å². The van der Waals surface area contributed by atoms with E-state index in [2.05, 4.69) is 4.98 Å². The van der Waals surface area contributed by atoms with Crippen LogP contribution in [0.5, 0.6) is 11.5 Å². The average Bonchev–Trinajstić information content (AvgIpc) is 3.27. The van der Waals surface area contributed by atoms with Gasteiger partial charge in [-0.25, -0.2) is 13.8 Å². The van der Waals surface area contributed by atoms with Gasteiger partial charge >= 0.3 is 0 Å². The summed E-state index contributed by atoms with van der Waals surface area (Å²) in [7, 11) is 1.62. The van der Waals surface area contributed by atoms with Crippen molar-refractivity contribution < 1.29 is 13.5 Å². The summed E-state index contributed by atoms with van der Waals surface area (Å²) in [6, 6.07) is 7.89. The Morgan fingerprint density at radius 1 is 1.00 bits per heavy atom. The molecule has 0 unspecified atom stereocenters. The Hall–Kier alpha value is -3.68. The zero-order chi connectivity index (χ0) is 23.1. The highest BCUT2D eigenvalue weighted by atomic mass is 19.1. The lowest BCUT2D eigenvalue weighted by Gasteiger charge is -2.15. The van der Waals surface area contributed by atoms with Crippen LogP contribution in [-0.2, 0) is 7.05 Å². The second kappa shape index (κ2) is 10.4. The third kappa shape index (κ3) is 4.91. The summed E-state index contributed by atoms with van der Waals surface area (Å²) < 4.78 is 35.9. The van der Waals surface area contributed by atoms with E-state index in [-0.39, 0.29) is 11.3 Å². The summed E-state index contributed by atoms with van der Waals surface area (Å²) in [5, 5.41) is 0. The first kappa shape index (κ1) is 23.6. The van der Waals surface area contributed by atoms with E-state index in [1.165, 1.54) is 23.2 Å². The SMILES string of the molecule is CC.CC.Cn1cc(-c2cc(N)ccc2Oc2ccc(F)cc2F)n2cncc2c1=O. The van der Waals surface area contributed by atoms with Crippen LogP contribution in [0.3, 0.4) is 0 Å². The number of imidazole rings is 1. The molecule has 8 heteroatoms. The lowest BCUT2D eigenvalue weighted by molar-refractivity contribution is 0.439. The van der Waals surface area contributed by atoms with Crippen LogP contribution in [0.2, 0.25) is 0 Å². The predicted molar refractivity (Wildman–Crippen MR) is 119 cm³/mol. The number of benzene rings is 2. The molecule has 0 amide bonds. The Kier molecular flexibility index (Phi) is 7.90. The molecule has 0 aliphatic carbocycles. The van der Waals surface area contributed by atoms with Gasteiger partial charge in [0, 0.05) is 30.6 Å². The van der Waals surface area contributed by atoms with Gasteiger partial charge in [-0.05, 0) is 30.3 Å². The Balaban J connectivity index is 0.000000807. The smallest absolute Gasteiger partial charge is 0.276 e. The predicted octanol–water partition coefficient (Wildman–Crippen LogP) is 5.41. The molecule has 0 saturated heterocycles. The molecule has 4 aromatic rings. The summed E-state index contributed by atoms with van der Waals surface area (Å²) in [4.78, 5) is 16.3. The minimum Gasteiger partial charge on any atom is -0.454 e. The Morgan fingerprint density at radius 3 is 2.35 bits per heavy atom. The fourth-order valence-electron chi connectivity index (χ4n) is 2.84. The second-order valence-electron chi connectivity index (χ2n) is 6.01. The third-order valence-electron chi connectivity index (χ3n) is 4.15. The molecule has 0 atom stereocenters. The number of hydrogen-bond acceptors (Lipinski definition) is 4. The van der Waals surface area contributed by atoms with Gasteiger partial charge in [-0.2, -0.15) is 0 Å². The number of anilines is 1. The number of nitrogens with two attached hydrogens (primary N) is 1. The summed E-state index contributed by atoms with van der Waals surface area (Å²) in [6.45, 7) is 8.00. The van der Waals surface area contributed by atoms with E-state index in [4.69, 9.17) is 10.5 Å². The van der Waals surface area contributed by atoms with Gasteiger partial charge in [0.05, 0.1) is 18.2 Å². The first-order chi connectivity index (χ1) is 14.9. The van der Waals surface area contributed by atoms with E-state index in [0.29, 0.717) is 28.2 Å². The molecule has 2 heterocycles. The molecule has 6 nitrogen and oxygen atoms in total. The molecule has 0 aliphatic heterocycles. The van der Waals surface area contributed by atoms with E-state index in [1.807, 2.05) is 27.7 Å². The van der Waals surface area contributed by atoms with E-state index in [1.54, 1.807) is 35.8 Å². The number of aryl methyl sites for hydroxylation is 1. The molecule has 2 N–H and O–H groups in total. The zero-order valence-electron chi connectivity index (χ0n) is 18.2. The van der Waals surface area contributed by atoms with Crippen molar-refractivity contribution in [1.29, 1.82) is 0 Å². The molecule has 2 aromatic carbocycles. The monoisotopic (exact) mass is 428 g/mol. The highest BCUT2D eigenvalue weighted by Gasteiger charge is 2.16. The molecule has 0 aliphatic rings. The minimum absolute atomic E-state index is 0.130. The molecule has 0 fully saturated rings. The van der Waals surface area contributed by atoms with Gasteiger partial charge in [0.2, 0.25) is 0 Å². The molecule has 0 bridgehead atoms. The van der Waals surface area contributed by atoms with Crippen molar-refractivity contribution in [1.82, 2.24) is 14.0 Å². The van der Waals surface area contributed by atoms with Gasteiger partial charge in [-0.1, -0.05) is 27.7 Å². The van der Waals surface area contributed by atoms with Crippen molar-refractivity contribution in [3.8, 4) is 22.8 Å². The average molecular weight is 428 g/mol. The highest BCUT2D eigenvalue weighted by molar-refractivity contribution is 5.73. The lowest BCUT2D eigenvalue weighted by atomic mass is 10.1. The van der Waals surface area contributed by atoms with E-state index >= 15 is 0 Å². The molecule has 31 heavy (non-hydrogen) atoms. The van der Waals surface area contributed by atoms with Crippen molar-refractivity contribution in [2.24, 2.45) is 7.05 Å². The number of nitrogen functional groups attached to an aromatic ring is 1. The van der Waals surface area contributed by atoms with E-state index < -0.39 is 11.6 Å². The van der Waals surface area contributed by atoms with Gasteiger partial charge < -0.3 is 15.0 Å². The third-order valence-corrected chi connectivity index (χ3v) is 4.15. The van der Waals surface area contributed by atoms with Crippen LogP contribution in [0.4, 0.5) is 14.5 Å². The fraction of sp³-hybridized carbons (Fsp3) is 0.217. The lowest BCUT2D eigenvalue weighted by Crippen LogP contribution is -2.19. The normalized spacial score (nSPS) is 10.0. The maximum absolute atomic E-state index is 14.0. The van der Waals surface area contributed by atoms with E-state index in [9.17, 15) is 13.6 Å². The molecule has 0 saturated carbocycles. The molecule has 164 valence electrons. The Labute approximate surface area is 179 Å². The van der Waals surface area contributed by atoms with Crippen molar-refractivity contribution in [3.05, 3.63) is 77.1 Å².